The molecule has 1 aromatic carbocycles. The lowest BCUT2D eigenvalue weighted by Crippen LogP contribution is -2.53. The van der Waals surface area contributed by atoms with Gasteiger partial charge in [0.05, 0.1) is 18.7 Å². The van der Waals surface area contributed by atoms with E-state index in [-0.39, 0.29) is 5.91 Å². The number of aliphatic imine (C=N–C) groups is 1. The summed E-state index contributed by atoms with van der Waals surface area (Å²) >= 11 is 6.40. The summed E-state index contributed by atoms with van der Waals surface area (Å²) in [6.45, 7) is 8.46. The maximum absolute atomic E-state index is 13.6. The number of nitrogens with zero attached hydrogens (tertiary/aromatic N) is 4. The van der Waals surface area contributed by atoms with Crippen molar-refractivity contribution >= 4 is 23.5 Å². The van der Waals surface area contributed by atoms with Gasteiger partial charge in [-0.05, 0) is 35.6 Å². The van der Waals surface area contributed by atoms with Crippen LogP contribution in [0.2, 0.25) is 5.02 Å². The Morgan fingerprint density at radius 1 is 1.16 bits per heavy atom. The molecule has 5 rings (SSSR count). The van der Waals surface area contributed by atoms with Gasteiger partial charge in [-0.3, -0.25) is 19.6 Å². The summed E-state index contributed by atoms with van der Waals surface area (Å²) in [5.74, 6) is 0.845. The molecule has 160 valence electrons. The first-order valence-corrected chi connectivity index (χ1v) is 11.4. The summed E-state index contributed by atoms with van der Waals surface area (Å²) in [7, 11) is 0. The summed E-state index contributed by atoms with van der Waals surface area (Å²) in [5, 5.41) is 0.679. The highest BCUT2D eigenvalue weighted by atomic mass is 35.5. The maximum atomic E-state index is 13.6. The lowest BCUT2D eigenvalue weighted by molar-refractivity contribution is -0.125. The Morgan fingerprint density at radius 3 is 2.87 bits per heavy atom. The first-order chi connectivity index (χ1) is 15.2. The zero-order valence-electron chi connectivity index (χ0n) is 17.7. The smallest absolute Gasteiger partial charge is 0.259 e. The molecule has 31 heavy (non-hydrogen) atoms. The van der Waals surface area contributed by atoms with Gasteiger partial charge in [0.2, 0.25) is 5.96 Å². The van der Waals surface area contributed by atoms with Gasteiger partial charge in [0, 0.05) is 43.3 Å². The zero-order valence-corrected chi connectivity index (χ0v) is 18.4. The van der Waals surface area contributed by atoms with Crippen LogP contribution in [0.4, 0.5) is 0 Å². The fraction of sp³-hybridized carbons (Fsp3) is 0.360. The van der Waals surface area contributed by atoms with E-state index in [0.29, 0.717) is 18.1 Å². The van der Waals surface area contributed by atoms with E-state index in [9.17, 15) is 4.79 Å². The predicted octanol–water partition coefficient (Wildman–Crippen LogP) is 4.15. The Labute approximate surface area is 188 Å². The molecule has 3 heterocycles. The monoisotopic (exact) mass is 434 g/mol. The highest BCUT2D eigenvalue weighted by molar-refractivity contribution is 6.31. The van der Waals surface area contributed by atoms with Gasteiger partial charge >= 0.3 is 0 Å². The number of benzene rings is 1. The van der Waals surface area contributed by atoms with Gasteiger partial charge in [-0.2, -0.15) is 0 Å². The number of carbonyl (C=O) groups excluding carboxylic acids is 1. The van der Waals surface area contributed by atoms with Crippen LogP contribution in [0, 0.1) is 0 Å². The molecule has 1 aliphatic carbocycles. The van der Waals surface area contributed by atoms with Crippen LogP contribution < -0.4 is 0 Å². The molecule has 0 saturated carbocycles. The van der Waals surface area contributed by atoms with Gasteiger partial charge < -0.3 is 4.90 Å². The number of guanidine groups is 1. The third kappa shape index (κ3) is 3.77. The lowest BCUT2D eigenvalue weighted by atomic mass is 9.95. The van der Waals surface area contributed by atoms with Crippen LogP contribution in [0.1, 0.15) is 24.8 Å². The van der Waals surface area contributed by atoms with E-state index in [1.807, 2.05) is 35.2 Å². The van der Waals surface area contributed by atoms with Gasteiger partial charge in [0.15, 0.2) is 0 Å². The van der Waals surface area contributed by atoms with Crippen molar-refractivity contribution in [1.29, 1.82) is 0 Å². The first kappa shape index (κ1) is 20.3. The Morgan fingerprint density at radius 2 is 2.03 bits per heavy atom. The van der Waals surface area contributed by atoms with Crippen LogP contribution in [0.5, 0.6) is 0 Å². The van der Waals surface area contributed by atoms with Crippen molar-refractivity contribution < 1.29 is 4.79 Å². The second-order valence-corrected chi connectivity index (χ2v) is 8.80. The molecule has 0 bridgehead atoms. The molecule has 6 heteroatoms. The molecule has 0 spiro atoms. The Hall–Kier alpha value is -2.63. The number of fused-ring (bicyclic) bond motifs is 2. The number of amides is 1. The van der Waals surface area contributed by atoms with Crippen LogP contribution in [0.15, 0.2) is 76.5 Å². The minimum atomic E-state index is 0.0635. The van der Waals surface area contributed by atoms with Crippen molar-refractivity contribution in [1.82, 2.24) is 14.7 Å². The van der Waals surface area contributed by atoms with E-state index in [0.717, 1.165) is 68.2 Å². The molecule has 1 amide bonds. The SMILES string of the molecule is C=CC1=C(CN2CCC3=C(C2)C(=O)N(Cc2ccccc2Cl)C2=NCCN23)C=CCC1. The van der Waals surface area contributed by atoms with Crippen molar-refractivity contribution in [3.8, 4) is 0 Å². The number of hydrogen-bond acceptors (Lipinski definition) is 4. The van der Waals surface area contributed by atoms with Crippen molar-refractivity contribution in [3.63, 3.8) is 0 Å². The summed E-state index contributed by atoms with van der Waals surface area (Å²) in [6.07, 6.45) is 9.45. The van der Waals surface area contributed by atoms with E-state index in [1.165, 1.54) is 11.1 Å². The summed E-state index contributed by atoms with van der Waals surface area (Å²) in [5.41, 5.74) is 5.65. The van der Waals surface area contributed by atoms with Crippen molar-refractivity contribution in [2.75, 3.05) is 32.7 Å². The summed E-state index contributed by atoms with van der Waals surface area (Å²) in [6, 6.07) is 7.72. The molecule has 4 aliphatic rings. The first-order valence-electron chi connectivity index (χ1n) is 11.0. The van der Waals surface area contributed by atoms with Gasteiger partial charge in [0.25, 0.3) is 5.91 Å². The van der Waals surface area contributed by atoms with Crippen LogP contribution >= 0.6 is 11.6 Å². The normalized spacial score (nSPS) is 21.5. The molecule has 5 nitrogen and oxygen atoms in total. The molecule has 0 unspecified atom stereocenters. The van der Waals surface area contributed by atoms with E-state index < -0.39 is 0 Å². The molecular weight excluding hydrogens is 408 g/mol. The third-order valence-electron chi connectivity index (χ3n) is 6.52. The number of halogens is 1. The molecule has 0 atom stereocenters. The molecule has 3 aliphatic heterocycles. The van der Waals surface area contributed by atoms with Crippen LogP contribution in [0.3, 0.4) is 0 Å². The third-order valence-corrected chi connectivity index (χ3v) is 6.89. The molecular formula is C25H27ClN4O. The quantitative estimate of drug-likeness (QED) is 0.699. The van der Waals surface area contributed by atoms with Gasteiger partial charge in [-0.15, -0.1) is 0 Å². The highest BCUT2D eigenvalue weighted by Gasteiger charge is 2.41. The van der Waals surface area contributed by atoms with Crippen LogP contribution in [-0.2, 0) is 11.3 Å². The number of allylic oxidation sites excluding steroid dienone is 3. The standard InChI is InChI=1S/C25H27ClN4O/c1-2-18-7-3-4-8-19(18)15-28-13-11-23-21(17-28)24(31)30(25-27-12-14-29(23)25)16-20-9-5-6-10-22(20)26/h2,4-6,8-10H,1,3,7,11-17H2. The van der Waals surface area contributed by atoms with E-state index in [4.69, 9.17) is 11.6 Å². The van der Waals surface area contributed by atoms with Gasteiger partial charge in [-0.1, -0.05) is 54.6 Å². The Balaban J connectivity index is 1.41. The van der Waals surface area contributed by atoms with E-state index in [2.05, 4.69) is 33.5 Å². The maximum Gasteiger partial charge on any atom is 0.259 e. The summed E-state index contributed by atoms with van der Waals surface area (Å²) < 4.78 is 0. The summed E-state index contributed by atoms with van der Waals surface area (Å²) in [4.78, 5) is 24.7. The molecule has 0 saturated heterocycles. The largest absolute Gasteiger partial charge is 0.314 e. The van der Waals surface area contributed by atoms with E-state index in [1.54, 1.807) is 0 Å². The fourth-order valence-electron chi connectivity index (χ4n) is 4.91. The fourth-order valence-corrected chi connectivity index (χ4v) is 5.10. The van der Waals surface area contributed by atoms with Gasteiger partial charge in [0.1, 0.15) is 0 Å². The van der Waals surface area contributed by atoms with Crippen molar-refractivity contribution in [2.24, 2.45) is 4.99 Å². The zero-order chi connectivity index (χ0) is 21.4. The molecule has 0 N–H and O–H groups in total. The van der Waals surface area contributed by atoms with Crippen LogP contribution in [-0.4, -0.2) is 59.3 Å². The number of hydrogen-bond donors (Lipinski definition) is 0. The molecule has 1 aromatic rings. The Bertz CT molecular complexity index is 1050. The molecule has 0 fully saturated rings. The Kier molecular flexibility index (Phi) is 5.55. The van der Waals surface area contributed by atoms with Crippen molar-refractivity contribution in [2.45, 2.75) is 25.8 Å². The predicted molar refractivity (Wildman–Crippen MR) is 125 cm³/mol. The minimum Gasteiger partial charge on any atom is -0.314 e. The molecule has 0 aromatic heterocycles. The minimum absolute atomic E-state index is 0.0635. The van der Waals surface area contributed by atoms with Gasteiger partial charge in [-0.25, -0.2) is 0 Å². The topological polar surface area (TPSA) is 39.2 Å². The van der Waals surface area contributed by atoms with E-state index >= 15 is 0 Å². The number of carbonyl (C=O) groups is 1. The molecule has 0 radical (unpaired) electrons. The van der Waals surface area contributed by atoms with Crippen LogP contribution in [0.25, 0.3) is 0 Å². The lowest BCUT2D eigenvalue weighted by Gasteiger charge is -2.42. The highest BCUT2D eigenvalue weighted by Crippen LogP contribution is 2.33. The average molecular weight is 435 g/mol. The second kappa shape index (κ2) is 8.48. The van der Waals surface area contributed by atoms with Crippen molar-refractivity contribution in [3.05, 3.63) is 82.1 Å². The second-order valence-electron chi connectivity index (χ2n) is 8.40. The number of rotatable bonds is 5. The average Bonchev–Trinajstić information content (AvgIpc) is 3.28.